The Kier molecular flexibility index (Phi) is 4.37. The highest BCUT2D eigenvalue weighted by atomic mass is 35.5. The molecule has 6 nitrogen and oxygen atoms in total. The number of amides is 1. The van der Waals surface area contributed by atoms with Crippen molar-refractivity contribution in [1.29, 1.82) is 0 Å². The zero-order valence-corrected chi connectivity index (χ0v) is 13.7. The maximum Gasteiger partial charge on any atom is 0.276 e. The maximum atomic E-state index is 12.4. The second-order valence-corrected chi connectivity index (χ2v) is 6.13. The van der Waals surface area contributed by atoms with Crippen molar-refractivity contribution in [3.8, 4) is 0 Å². The number of carbonyl (C=O) groups excluding carboxylic acids is 1. The van der Waals surface area contributed by atoms with E-state index >= 15 is 0 Å². The number of benzene rings is 1. The number of rotatable bonds is 3. The van der Waals surface area contributed by atoms with Crippen molar-refractivity contribution in [2.45, 2.75) is 31.9 Å². The number of aliphatic hydroxyl groups is 1. The molecule has 0 unspecified atom stereocenters. The van der Waals surface area contributed by atoms with E-state index in [-0.39, 0.29) is 5.91 Å². The Bertz CT molecular complexity index is 708. The van der Waals surface area contributed by atoms with Crippen LogP contribution in [0.25, 0.3) is 0 Å². The molecule has 1 aromatic carbocycles. The predicted octanol–water partition coefficient (Wildman–Crippen LogP) is 2.08. The highest BCUT2D eigenvalue weighted by molar-refractivity contribution is 6.31. The van der Waals surface area contributed by atoms with E-state index in [4.69, 9.17) is 11.6 Å². The summed E-state index contributed by atoms with van der Waals surface area (Å²) in [5.41, 5.74) is 0.0802. The summed E-state index contributed by atoms with van der Waals surface area (Å²) in [4.78, 5) is 15.6. The lowest BCUT2D eigenvalue weighted by atomic mass is 9.84. The van der Waals surface area contributed by atoms with E-state index in [1.807, 2.05) is 25.1 Å². The number of carbonyl (C=O) groups is 1. The van der Waals surface area contributed by atoms with Crippen molar-refractivity contribution in [2.75, 3.05) is 13.1 Å². The molecule has 1 aliphatic heterocycles. The van der Waals surface area contributed by atoms with Gasteiger partial charge in [0.25, 0.3) is 5.91 Å². The van der Waals surface area contributed by atoms with Crippen molar-refractivity contribution in [3.05, 3.63) is 46.7 Å². The summed E-state index contributed by atoms with van der Waals surface area (Å²) in [6.07, 6.45) is 2.38. The van der Waals surface area contributed by atoms with Gasteiger partial charge >= 0.3 is 0 Å². The summed E-state index contributed by atoms with van der Waals surface area (Å²) >= 11 is 6.20. The first kappa shape index (κ1) is 16.0. The highest BCUT2D eigenvalue weighted by Crippen LogP contribution is 2.36. The molecular weight excluding hydrogens is 316 g/mol. The molecular formula is C16H19ClN4O2. The van der Waals surface area contributed by atoms with Gasteiger partial charge in [-0.1, -0.05) is 29.8 Å². The standard InChI is InChI=1S/C16H19ClN4O2/c1-2-21-18-11-14(19-21)15(22)20-9-7-16(23,8-10-20)12-5-3-4-6-13(12)17/h3-6,11,23H,2,7-10H2,1H3. The van der Waals surface area contributed by atoms with Crippen LogP contribution in [-0.2, 0) is 12.1 Å². The second-order valence-electron chi connectivity index (χ2n) is 5.72. The van der Waals surface area contributed by atoms with Crippen molar-refractivity contribution >= 4 is 17.5 Å². The van der Waals surface area contributed by atoms with Crippen LogP contribution in [0.2, 0.25) is 5.02 Å². The third kappa shape index (κ3) is 3.09. The van der Waals surface area contributed by atoms with Gasteiger partial charge in [-0.3, -0.25) is 4.79 Å². The first-order chi connectivity index (χ1) is 11.0. The molecule has 1 fully saturated rings. The van der Waals surface area contributed by atoms with E-state index in [9.17, 15) is 9.90 Å². The fourth-order valence-corrected chi connectivity index (χ4v) is 3.21. The first-order valence-electron chi connectivity index (χ1n) is 7.70. The maximum absolute atomic E-state index is 12.4. The monoisotopic (exact) mass is 334 g/mol. The van der Waals surface area contributed by atoms with Crippen LogP contribution >= 0.6 is 11.6 Å². The summed E-state index contributed by atoms with van der Waals surface area (Å²) in [6.45, 7) is 3.46. The Morgan fingerprint density at radius 2 is 2.04 bits per heavy atom. The van der Waals surface area contributed by atoms with Crippen molar-refractivity contribution in [1.82, 2.24) is 19.9 Å². The SMILES string of the molecule is CCn1ncc(C(=O)N2CCC(O)(c3ccccc3Cl)CC2)n1. The summed E-state index contributed by atoms with van der Waals surface area (Å²) in [5, 5.41) is 19.6. The quantitative estimate of drug-likeness (QED) is 0.932. The molecule has 0 spiro atoms. The third-order valence-electron chi connectivity index (χ3n) is 4.29. The van der Waals surface area contributed by atoms with Crippen molar-refractivity contribution < 1.29 is 9.90 Å². The predicted molar refractivity (Wildman–Crippen MR) is 86.2 cm³/mol. The molecule has 1 aromatic heterocycles. The number of aryl methyl sites for hydroxylation is 1. The van der Waals surface area contributed by atoms with Gasteiger partial charge in [0.15, 0.2) is 5.69 Å². The van der Waals surface area contributed by atoms with Crippen LogP contribution in [0.4, 0.5) is 0 Å². The van der Waals surface area contributed by atoms with E-state index in [2.05, 4.69) is 10.2 Å². The van der Waals surface area contributed by atoms with Crippen LogP contribution in [-0.4, -0.2) is 44.0 Å². The molecule has 7 heteroatoms. The van der Waals surface area contributed by atoms with E-state index in [1.54, 1.807) is 11.0 Å². The first-order valence-corrected chi connectivity index (χ1v) is 8.08. The number of nitrogens with zero attached hydrogens (tertiary/aromatic N) is 4. The van der Waals surface area contributed by atoms with E-state index in [1.165, 1.54) is 11.0 Å². The van der Waals surface area contributed by atoms with Gasteiger partial charge in [-0.05, 0) is 25.8 Å². The molecule has 0 radical (unpaired) electrons. The normalized spacial score (nSPS) is 17.3. The summed E-state index contributed by atoms with van der Waals surface area (Å²) < 4.78 is 0. The molecule has 0 atom stereocenters. The van der Waals surface area contributed by atoms with Gasteiger partial charge in [-0.15, -0.1) is 5.10 Å². The minimum absolute atomic E-state index is 0.147. The minimum atomic E-state index is -0.990. The largest absolute Gasteiger partial charge is 0.385 e. The molecule has 3 rings (SSSR count). The Morgan fingerprint density at radius 3 is 2.65 bits per heavy atom. The zero-order valence-electron chi connectivity index (χ0n) is 12.9. The van der Waals surface area contributed by atoms with E-state index in [0.29, 0.717) is 43.2 Å². The molecule has 1 amide bonds. The Morgan fingerprint density at radius 1 is 1.35 bits per heavy atom. The van der Waals surface area contributed by atoms with Gasteiger partial charge < -0.3 is 10.0 Å². The van der Waals surface area contributed by atoms with Gasteiger partial charge in [-0.2, -0.15) is 9.90 Å². The number of halogens is 1. The molecule has 23 heavy (non-hydrogen) atoms. The molecule has 1 saturated heterocycles. The average Bonchev–Trinajstić information content (AvgIpc) is 3.04. The lowest BCUT2D eigenvalue weighted by Crippen LogP contribution is -2.45. The van der Waals surface area contributed by atoms with Gasteiger partial charge in [-0.25, -0.2) is 0 Å². The zero-order chi connectivity index (χ0) is 16.4. The fourth-order valence-electron chi connectivity index (χ4n) is 2.90. The molecule has 1 aliphatic rings. The second kappa shape index (κ2) is 6.29. The fraction of sp³-hybridized carbons (Fsp3) is 0.438. The van der Waals surface area contributed by atoms with Crippen molar-refractivity contribution in [3.63, 3.8) is 0 Å². The Balaban J connectivity index is 1.70. The number of piperidine rings is 1. The molecule has 1 N–H and O–H groups in total. The van der Waals surface area contributed by atoms with Crippen LogP contribution in [0, 0.1) is 0 Å². The lowest BCUT2D eigenvalue weighted by molar-refractivity contribution is -0.0212. The summed E-state index contributed by atoms with van der Waals surface area (Å²) in [7, 11) is 0. The van der Waals surface area contributed by atoms with Gasteiger partial charge in [0.1, 0.15) is 0 Å². The third-order valence-corrected chi connectivity index (χ3v) is 4.62. The number of aromatic nitrogens is 3. The molecule has 0 bridgehead atoms. The van der Waals surface area contributed by atoms with Crippen LogP contribution < -0.4 is 0 Å². The number of hydrogen-bond donors (Lipinski definition) is 1. The topological polar surface area (TPSA) is 71.2 Å². The minimum Gasteiger partial charge on any atom is -0.385 e. The van der Waals surface area contributed by atoms with Crippen molar-refractivity contribution in [2.24, 2.45) is 0 Å². The number of hydrogen-bond acceptors (Lipinski definition) is 4. The van der Waals surface area contributed by atoms with Crippen LogP contribution in [0.5, 0.6) is 0 Å². The van der Waals surface area contributed by atoms with Gasteiger partial charge in [0.05, 0.1) is 18.3 Å². The molecule has 2 aromatic rings. The van der Waals surface area contributed by atoms with E-state index in [0.717, 1.165) is 5.56 Å². The smallest absolute Gasteiger partial charge is 0.276 e. The summed E-state index contributed by atoms with van der Waals surface area (Å²) in [5.74, 6) is -0.147. The molecule has 2 heterocycles. The van der Waals surface area contributed by atoms with Gasteiger partial charge in [0, 0.05) is 23.7 Å². The Labute approximate surface area is 139 Å². The Hall–Kier alpha value is -1.92. The van der Waals surface area contributed by atoms with Gasteiger partial charge in [0.2, 0.25) is 0 Å². The molecule has 0 saturated carbocycles. The summed E-state index contributed by atoms with van der Waals surface area (Å²) in [6, 6.07) is 7.31. The highest BCUT2D eigenvalue weighted by Gasteiger charge is 2.37. The number of likely N-dealkylation sites (tertiary alicyclic amines) is 1. The molecule has 122 valence electrons. The van der Waals surface area contributed by atoms with Crippen LogP contribution in [0.3, 0.4) is 0 Å². The van der Waals surface area contributed by atoms with E-state index < -0.39 is 5.60 Å². The van der Waals surface area contributed by atoms with Crippen LogP contribution in [0.1, 0.15) is 35.8 Å². The lowest BCUT2D eigenvalue weighted by Gasteiger charge is -2.38. The average molecular weight is 335 g/mol. The van der Waals surface area contributed by atoms with Crippen LogP contribution in [0.15, 0.2) is 30.5 Å². The molecule has 0 aliphatic carbocycles.